The maximum absolute atomic E-state index is 11.8. The van der Waals surface area contributed by atoms with Crippen molar-refractivity contribution in [2.24, 2.45) is 9.98 Å². The predicted octanol–water partition coefficient (Wildman–Crippen LogP) is 2.25. The van der Waals surface area contributed by atoms with Crippen LogP contribution in [-0.4, -0.2) is 46.3 Å². The molecule has 2 heterocycles. The summed E-state index contributed by atoms with van der Waals surface area (Å²) >= 11 is 0. The van der Waals surface area contributed by atoms with E-state index in [0.717, 1.165) is 0 Å². The molecule has 0 aromatic heterocycles. The average Bonchev–Trinajstić information content (AvgIpc) is 3.50. The number of anilines is 2. The zero-order valence-electron chi connectivity index (χ0n) is 17.3. The Labute approximate surface area is 188 Å². The number of hydrazine groups is 2. The molecule has 0 bridgehead atoms. The van der Waals surface area contributed by atoms with Crippen molar-refractivity contribution < 1.29 is 20.1 Å². The third-order valence-corrected chi connectivity index (χ3v) is 5.31. The smallest absolute Gasteiger partial charge is 0.335 e. The molecule has 5 rings (SSSR count). The lowest BCUT2D eigenvalue weighted by Gasteiger charge is -2.24. The van der Waals surface area contributed by atoms with Crippen LogP contribution in [0.4, 0.5) is 11.4 Å². The van der Waals surface area contributed by atoms with Gasteiger partial charge in [0.1, 0.15) is 24.8 Å². The molecule has 3 aromatic carbocycles. The van der Waals surface area contributed by atoms with Crippen LogP contribution in [0.5, 0.6) is 11.5 Å². The number of carbonyl (C=O) groups is 1. The van der Waals surface area contributed by atoms with Gasteiger partial charge in [-0.25, -0.2) is 14.8 Å². The summed E-state index contributed by atoms with van der Waals surface area (Å²) < 4.78 is 0. The number of carboxylic acid groups (broad SMARTS) is 1. The molecule has 10 heteroatoms. The van der Waals surface area contributed by atoms with Gasteiger partial charge in [0.25, 0.3) is 0 Å². The van der Waals surface area contributed by atoms with Gasteiger partial charge in [0.15, 0.2) is 11.7 Å². The van der Waals surface area contributed by atoms with Crippen LogP contribution >= 0.6 is 0 Å². The van der Waals surface area contributed by atoms with Gasteiger partial charge >= 0.3 is 5.97 Å². The Morgan fingerprint density at radius 1 is 0.758 bits per heavy atom. The second-order valence-corrected chi connectivity index (χ2v) is 7.45. The van der Waals surface area contributed by atoms with Crippen LogP contribution in [0.15, 0.2) is 76.7 Å². The van der Waals surface area contributed by atoms with E-state index in [1.165, 1.54) is 0 Å². The number of phenols is 2. The monoisotopic (exact) mass is 444 g/mol. The van der Waals surface area contributed by atoms with Gasteiger partial charge in [-0.1, -0.05) is 24.3 Å². The lowest BCUT2D eigenvalue weighted by molar-refractivity contribution is 0.0697. The van der Waals surface area contributed by atoms with E-state index in [2.05, 4.69) is 20.8 Å². The highest BCUT2D eigenvalue weighted by Gasteiger charge is 2.24. The first-order valence-corrected chi connectivity index (χ1v) is 10.1. The Balaban J connectivity index is 1.40. The summed E-state index contributed by atoms with van der Waals surface area (Å²) in [6.07, 6.45) is 0. The van der Waals surface area contributed by atoms with Crippen molar-refractivity contribution in [1.82, 2.24) is 10.9 Å². The van der Waals surface area contributed by atoms with Crippen LogP contribution in [0.1, 0.15) is 21.5 Å². The fraction of sp³-hybridized carbons (Fsp3) is 0.0870. The lowest BCUT2D eigenvalue weighted by Crippen LogP contribution is -2.38. The van der Waals surface area contributed by atoms with Crippen LogP contribution in [0.3, 0.4) is 0 Å². The number of para-hydroxylation sites is 2. The van der Waals surface area contributed by atoms with E-state index in [1.54, 1.807) is 76.7 Å². The van der Waals surface area contributed by atoms with E-state index in [-0.39, 0.29) is 30.4 Å². The topological polar surface area (TPSA) is 133 Å². The number of aromatic carboxylic acids is 1. The highest BCUT2D eigenvalue weighted by atomic mass is 16.4. The number of aliphatic imine (C=N–C) groups is 2. The van der Waals surface area contributed by atoms with Crippen LogP contribution in [0.25, 0.3) is 0 Å². The number of nitrogens with one attached hydrogen (secondary N) is 2. The molecule has 0 spiro atoms. The van der Waals surface area contributed by atoms with Gasteiger partial charge in [-0.15, -0.1) is 0 Å². The van der Waals surface area contributed by atoms with E-state index in [9.17, 15) is 20.1 Å². The van der Waals surface area contributed by atoms with Gasteiger partial charge < -0.3 is 15.3 Å². The van der Waals surface area contributed by atoms with Crippen LogP contribution < -0.4 is 20.9 Å². The normalized spacial score (nSPS) is 15.0. The molecule has 0 saturated heterocycles. The number of amidine groups is 2. The Morgan fingerprint density at radius 2 is 1.21 bits per heavy atom. The van der Waals surface area contributed by atoms with Crippen LogP contribution in [0, 0.1) is 0 Å². The van der Waals surface area contributed by atoms with E-state index in [0.29, 0.717) is 34.2 Å². The van der Waals surface area contributed by atoms with Gasteiger partial charge in [-0.05, 0) is 42.5 Å². The van der Waals surface area contributed by atoms with Gasteiger partial charge in [0.05, 0.1) is 28.1 Å². The number of benzene rings is 3. The summed E-state index contributed by atoms with van der Waals surface area (Å²) in [6.45, 7) is 0.471. The van der Waals surface area contributed by atoms with Crippen LogP contribution in [-0.2, 0) is 0 Å². The Bertz CT molecular complexity index is 1220. The number of carboxylic acids is 1. The van der Waals surface area contributed by atoms with Gasteiger partial charge in [0, 0.05) is 0 Å². The third kappa shape index (κ3) is 3.85. The minimum absolute atomic E-state index is 0.0955. The van der Waals surface area contributed by atoms with Crippen molar-refractivity contribution in [3.8, 4) is 11.5 Å². The summed E-state index contributed by atoms with van der Waals surface area (Å²) in [5, 5.41) is 33.3. The molecular formula is C23H20N6O4. The Hall–Kier alpha value is -4.73. The van der Waals surface area contributed by atoms with Crippen molar-refractivity contribution in [3.63, 3.8) is 0 Å². The van der Waals surface area contributed by atoms with Gasteiger partial charge in [-0.2, -0.15) is 0 Å². The summed E-state index contributed by atoms with van der Waals surface area (Å²) in [4.78, 5) is 20.7. The number of hydrogen-bond donors (Lipinski definition) is 5. The molecule has 0 fully saturated rings. The highest BCUT2D eigenvalue weighted by Crippen LogP contribution is 2.28. The molecule has 0 atom stereocenters. The second-order valence-electron chi connectivity index (χ2n) is 7.45. The van der Waals surface area contributed by atoms with Crippen molar-refractivity contribution in [3.05, 3.63) is 83.4 Å². The van der Waals surface area contributed by atoms with Crippen molar-refractivity contribution in [1.29, 1.82) is 0 Å². The number of aromatic hydroxyl groups is 2. The lowest BCUT2D eigenvalue weighted by atomic mass is 10.1. The fourth-order valence-electron chi connectivity index (χ4n) is 3.64. The minimum Gasteiger partial charge on any atom is -0.507 e. The van der Waals surface area contributed by atoms with Crippen molar-refractivity contribution in [2.45, 2.75) is 0 Å². The predicted molar refractivity (Wildman–Crippen MR) is 124 cm³/mol. The molecule has 33 heavy (non-hydrogen) atoms. The van der Waals surface area contributed by atoms with Gasteiger partial charge in [-0.3, -0.25) is 20.9 Å². The molecule has 166 valence electrons. The number of nitrogens with zero attached hydrogens (tertiary/aromatic N) is 4. The number of phenolic OH excluding ortho intramolecular Hbond substituents is 2. The number of hydrogen-bond acceptors (Lipinski definition) is 9. The van der Waals surface area contributed by atoms with Crippen molar-refractivity contribution >= 4 is 29.0 Å². The molecule has 5 N–H and O–H groups in total. The molecule has 2 aliphatic heterocycles. The first kappa shape index (κ1) is 20.2. The summed E-state index contributed by atoms with van der Waals surface area (Å²) in [5.41, 5.74) is 8.60. The summed E-state index contributed by atoms with van der Waals surface area (Å²) in [5.74, 6) is 0.0984. The molecule has 10 nitrogen and oxygen atoms in total. The second kappa shape index (κ2) is 8.08. The first-order chi connectivity index (χ1) is 16.0. The van der Waals surface area contributed by atoms with Crippen LogP contribution in [0.2, 0.25) is 0 Å². The average molecular weight is 444 g/mol. The number of rotatable bonds is 5. The molecule has 2 aliphatic rings. The van der Waals surface area contributed by atoms with E-state index in [1.807, 2.05) is 0 Å². The van der Waals surface area contributed by atoms with Crippen molar-refractivity contribution in [2.75, 3.05) is 23.4 Å². The highest BCUT2D eigenvalue weighted by molar-refractivity contribution is 6.04. The molecule has 0 radical (unpaired) electrons. The molecule has 0 amide bonds. The van der Waals surface area contributed by atoms with Gasteiger partial charge in [0.2, 0.25) is 0 Å². The SMILES string of the molecule is O=C(O)c1cc(N2CN=C(c3ccccc3O)N2)cc(N2CN=C(c3ccccc3O)N2)c1. The Morgan fingerprint density at radius 3 is 1.64 bits per heavy atom. The standard InChI is InChI=1S/C23H20N6O4/c30-19-7-3-1-5-17(19)21-24-12-28(26-21)15-9-14(23(32)33)10-16(11-15)29-13-25-22(27-29)18-6-2-4-8-20(18)31/h1-11,30-31H,12-13H2,(H,24,26)(H,25,27)(H,32,33). The quantitative estimate of drug-likeness (QED) is 0.405. The Kier molecular flexibility index (Phi) is 4.94. The zero-order valence-corrected chi connectivity index (χ0v) is 17.3. The summed E-state index contributed by atoms with van der Waals surface area (Å²) in [7, 11) is 0. The first-order valence-electron chi connectivity index (χ1n) is 10.1. The third-order valence-electron chi connectivity index (χ3n) is 5.31. The largest absolute Gasteiger partial charge is 0.507 e. The fourth-order valence-corrected chi connectivity index (χ4v) is 3.64. The molecule has 0 saturated carbocycles. The molecular weight excluding hydrogens is 424 g/mol. The molecule has 3 aromatic rings. The van der Waals surface area contributed by atoms with E-state index >= 15 is 0 Å². The maximum atomic E-state index is 11.8. The zero-order chi connectivity index (χ0) is 22.9. The van der Waals surface area contributed by atoms with E-state index in [4.69, 9.17) is 0 Å². The minimum atomic E-state index is -1.07. The molecule has 0 unspecified atom stereocenters. The van der Waals surface area contributed by atoms with E-state index < -0.39 is 5.97 Å². The summed E-state index contributed by atoms with van der Waals surface area (Å²) in [6, 6.07) is 18.6. The maximum Gasteiger partial charge on any atom is 0.335 e. The molecule has 0 aliphatic carbocycles.